The zero-order valence-corrected chi connectivity index (χ0v) is 22.1. The minimum absolute atomic E-state index is 0.0759. The van der Waals surface area contributed by atoms with Crippen molar-refractivity contribution in [3.05, 3.63) is 66.2 Å². The van der Waals surface area contributed by atoms with Gasteiger partial charge in [-0.3, -0.25) is 18.7 Å². The fourth-order valence-corrected chi connectivity index (χ4v) is 6.78. The minimum Gasteiger partial charge on any atom is -0.340 e. The van der Waals surface area contributed by atoms with Gasteiger partial charge in [0, 0.05) is 4.90 Å². The first-order valence-electron chi connectivity index (χ1n) is 11.0. The molecule has 3 atom stereocenters. The van der Waals surface area contributed by atoms with Crippen LogP contribution in [0.3, 0.4) is 0 Å². The maximum atomic E-state index is 13.3. The molecule has 2 aromatic carbocycles. The van der Waals surface area contributed by atoms with Crippen LogP contribution >= 0.6 is 11.8 Å². The van der Waals surface area contributed by atoms with E-state index in [9.17, 15) is 40.6 Å². The molecule has 1 unspecified atom stereocenters. The molecular weight excluding hydrogens is 578 g/mol. The Bertz CT molecular complexity index is 1510. The smallest absolute Gasteiger partial charge is 0.340 e. The average Bonchev–Trinajstić information content (AvgIpc) is 3.27. The first kappa shape index (κ1) is 28.3. The second-order valence-electron chi connectivity index (χ2n) is 8.20. The van der Waals surface area contributed by atoms with Crippen LogP contribution in [-0.4, -0.2) is 87.8 Å². The molecule has 4 N–H and O–H groups in total. The number of carbonyl (C=O) groups is 4. The van der Waals surface area contributed by atoms with Crippen molar-refractivity contribution in [3.8, 4) is 0 Å². The van der Waals surface area contributed by atoms with E-state index in [1.165, 1.54) is 12.1 Å². The Morgan fingerprint density at radius 1 is 0.897 bits per heavy atom. The number of rotatable bonds is 8. The molecular formula is C21H21N5O10S3. The third-order valence-corrected chi connectivity index (χ3v) is 8.91. The van der Waals surface area contributed by atoms with E-state index in [2.05, 4.69) is 10.6 Å². The Balaban J connectivity index is 1.56. The van der Waals surface area contributed by atoms with E-state index in [1.54, 1.807) is 48.5 Å². The standard InChI is InChI=1S/C21H21N5O10S3/c27-17(22-16-18(28)26(39(34,35)36)19(16)37-14-9-5-2-6-10-14)15(13-7-3-1-4-8-13)23-20(29)24-11-12-25(21(24)30)38(31,32)33/h1-10,15-16,19H,11-12H2,(H,22,27)(H,23,29)(H,31,32,33)(H,34,35,36)/t15?,16-,19+/m1/s1. The van der Waals surface area contributed by atoms with Gasteiger partial charge in [0.2, 0.25) is 5.91 Å². The molecule has 2 fully saturated rings. The van der Waals surface area contributed by atoms with Gasteiger partial charge in [-0.25, -0.2) is 14.5 Å². The predicted octanol–water partition coefficient (Wildman–Crippen LogP) is 0.226. The third-order valence-electron chi connectivity index (χ3n) is 5.70. The van der Waals surface area contributed by atoms with Crippen molar-refractivity contribution in [3.63, 3.8) is 0 Å². The van der Waals surface area contributed by atoms with Crippen LogP contribution in [-0.2, 0) is 30.2 Å². The molecule has 2 aliphatic rings. The van der Waals surface area contributed by atoms with E-state index in [4.69, 9.17) is 4.55 Å². The lowest BCUT2D eigenvalue weighted by Gasteiger charge is -2.44. The molecule has 0 saturated carbocycles. The van der Waals surface area contributed by atoms with Gasteiger partial charge in [-0.15, -0.1) is 0 Å². The Hall–Kier alpha value is -3.71. The van der Waals surface area contributed by atoms with Crippen LogP contribution in [0.1, 0.15) is 11.6 Å². The molecule has 2 heterocycles. The molecule has 15 nitrogen and oxygen atoms in total. The molecule has 0 aliphatic carbocycles. The minimum atomic E-state index is -4.96. The van der Waals surface area contributed by atoms with Crippen molar-refractivity contribution in [2.45, 2.75) is 22.4 Å². The SMILES string of the molecule is O=C(N[C@@H]1C(=O)N(S(=O)(=O)O)[C@H]1Sc1ccccc1)C(NC(=O)N1CCN(S(=O)(=O)O)C1=O)c1ccccc1. The van der Waals surface area contributed by atoms with Crippen molar-refractivity contribution in [1.29, 1.82) is 0 Å². The number of β-lactam (4-membered cyclic amide) rings is 1. The van der Waals surface area contributed by atoms with Crippen LogP contribution < -0.4 is 10.6 Å². The largest absolute Gasteiger partial charge is 0.363 e. The van der Waals surface area contributed by atoms with Crippen molar-refractivity contribution < 1.29 is 45.1 Å². The average molecular weight is 600 g/mol. The summed E-state index contributed by atoms with van der Waals surface area (Å²) in [6.45, 7) is -0.915. The fourth-order valence-electron chi connectivity index (χ4n) is 3.87. The van der Waals surface area contributed by atoms with Gasteiger partial charge in [-0.05, 0) is 17.7 Å². The highest BCUT2D eigenvalue weighted by atomic mass is 32.2. The number of nitrogens with zero attached hydrogens (tertiary/aromatic N) is 3. The van der Waals surface area contributed by atoms with Gasteiger partial charge in [0.1, 0.15) is 17.5 Å². The van der Waals surface area contributed by atoms with Crippen LogP contribution in [0.5, 0.6) is 0 Å². The topological polar surface area (TPSA) is 211 Å². The summed E-state index contributed by atoms with van der Waals surface area (Å²) in [4.78, 5) is 52.2. The number of nitrogens with one attached hydrogen (secondary N) is 2. The first-order chi connectivity index (χ1) is 18.3. The molecule has 0 spiro atoms. The molecule has 0 radical (unpaired) electrons. The second-order valence-corrected chi connectivity index (χ2v) is 12.0. The lowest BCUT2D eigenvalue weighted by atomic mass is 10.0. The van der Waals surface area contributed by atoms with Crippen molar-refractivity contribution in [2.24, 2.45) is 0 Å². The zero-order valence-electron chi connectivity index (χ0n) is 19.6. The van der Waals surface area contributed by atoms with Gasteiger partial charge in [0.05, 0.1) is 13.1 Å². The lowest BCUT2D eigenvalue weighted by Crippen LogP contribution is -2.71. The maximum Gasteiger partial charge on any atom is 0.363 e. The van der Waals surface area contributed by atoms with Gasteiger partial charge in [-0.1, -0.05) is 60.3 Å². The highest BCUT2D eigenvalue weighted by Crippen LogP contribution is 2.37. The Kier molecular flexibility index (Phi) is 7.84. The Morgan fingerprint density at radius 3 is 2.03 bits per heavy atom. The normalized spacial score (nSPS) is 20.4. The number of hydrogen-bond donors (Lipinski definition) is 4. The fraction of sp³-hybridized carbons (Fsp3) is 0.238. The number of amides is 6. The van der Waals surface area contributed by atoms with Crippen LogP contribution in [0.4, 0.5) is 9.59 Å². The van der Waals surface area contributed by atoms with Crippen molar-refractivity contribution >= 4 is 56.2 Å². The van der Waals surface area contributed by atoms with E-state index in [1.807, 2.05) is 0 Å². The van der Waals surface area contributed by atoms with Gasteiger partial charge in [0.25, 0.3) is 5.91 Å². The van der Waals surface area contributed by atoms with E-state index in [0.717, 1.165) is 11.8 Å². The number of benzene rings is 2. The van der Waals surface area contributed by atoms with E-state index in [-0.39, 0.29) is 14.2 Å². The van der Waals surface area contributed by atoms with Gasteiger partial charge in [-0.2, -0.15) is 25.4 Å². The molecule has 0 bridgehead atoms. The molecule has 2 aliphatic heterocycles. The summed E-state index contributed by atoms with van der Waals surface area (Å²) < 4.78 is 65.3. The highest BCUT2D eigenvalue weighted by molar-refractivity contribution is 8.00. The lowest BCUT2D eigenvalue weighted by molar-refractivity contribution is -0.142. The van der Waals surface area contributed by atoms with Crippen LogP contribution in [0, 0.1) is 0 Å². The molecule has 39 heavy (non-hydrogen) atoms. The Morgan fingerprint density at radius 2 is 1.49 bits per heavy atom. The quantitative estimate of drug-likeness (QED) is 0.238. The molecule has 6 amide bonds. The number of urea groups is 2. The monoisotopic (exact) mass is 599 g/mol. The molecule has 4 rings (SSSR count). The number of thioether (sulfide) groups is 1. The van der Waals surface area contributed by atoms with Crippen LogP contribution in [0.25, 0.3) is 0 Å². The third kappa shape index (κ3) is 5.98. The highest BCUT2D eigenvalue weighted by Gasteiger charge is 2.55. The van der Waals surface area contributed by atoms with Crippen molar-refractivity contribution in [1.82, 2.24) is 24.1 Å². The molecule has 2 aromatic rings. The Labute approximate surface area is 226 Å². The summed E-state index contributed by atoms with van der Waals surface area (Å²) in [6, 6.07) is 10.5. The summed E-state index contributed by atoms with van der Waals surface area (Å²) in [6.07, 6.45) is 0. The van der Waals surface area contributed by atoms with Crippen LogP contribution in [0.15, 0.2) is 65.6 Å². The summed E-state index contributed by atoms with van der Waals surface area (Å²) in [5.41, 5.74) is 0.215. The molecule has 0 aromatic heterocycles. The van der Waals surface area contributed by atoms with E-state index >= 15 is 0 Å². The van der Waals surface area contributed by atoms with Gasteiger partial charge < -0.3 is 10.6 Å². The van der Waals surface area contributed by atoms with Gasteiger partial charge >= 0.3 is 32.7 Å². The summed E-state index contributed by atoms with van der Waals surface area (Å²) >= 11 is 0.889. The zero-order chi connectivity index (χ0) is 28.5. The summed E-state index contributed by atoms with van der Waals surface area (Å²) in [5.74, 6) is -2.07. The van der Waals surface area contributed by atoms with Gasteiger partial charge in [0.15, 0.2) is 0 Å². The molecule has 208 valence electrons. The molecule has 2 saturated heterocycles. The molecule has 18 heteroatoms. The predicted molar refractivity (Wildman–Crippen MR) is 134 cm³/mol. The van der Waals surface area contributed by atoms with E-state index < -0.39 is 75.0 Å². The summed E-state index contributed by atoms with van der Waals surface area (Å²) in [7, 11) is -9.87. The first-order valence-corrected chi connectivity index (χ1v) is 14.7. The summed E-state index contributed by atoms with van der Waals surface area (Å²) in [5, 5.41) is 3.43. The maximum absolute atomic E-state index is 13.3. The number of hydrogen-bond acceptors (Lipinski definition) is 9. The van der Waals surface area contributed by atoms with E-state index in [0.29, 0.717) is 9.80 Å². The van der Waals surface area contributed by atoms with Crippen molar-refractivity contribution in [2.75, 3.05) is 13.1 Å². The number of carbonyl (C=O) groups excluding carboxylic acids is 4. The second kappa shape index (κ2) is 10.8. The van der Waals surface area contributed by atoms with Crippen LogP contribution in [0.2, 0.25) is 0 Å². The number of imide groups is 1.